The molecule has 19 heavy (non-hydrogen) atoms. The van der Waals surface area contributed by atoms with E-state index in [-0.39, 0.29) is 27.5 Å². The molecule has 0 heterocycles. The van der Waals surface area contributed by atoms with Crippen molar-refractivity contribution in [2.24, 2.45) is 0 Å². The molecular formula is C11H15Cl2FN2O2S. The minimum absolute atomic E-state index is 0.0437. The molecule has 0 bridgehead atoms. The fourth-order valence-corrected chi connectivity index (χ4v) is 3.83. The molecule has 2 N–H and O–H groups in total. The van der Waals surface area contributed by atoms with E-state index >= 15 is 0 Å². The molecular weight excluding hydrogens is 314 g/mol. The smallest absolute Gasteiger partial charge is 0.243 e. The number of halogens is 3. The zero-order chi connectivity index (χ0) is 14.6. The van der Waals surface area contributed by atoms with Crippen molar-refractivity contribution in [3.05, 3.63) is 28.0 Å². The summed E-state index contributed by atoms with van der Waals surface area (Å²) in [6.45, 7) is 4.65. The monoisotopic (exact) mass is 328 g/mol. The van der Waals surface area contributed by atoms with Gasteiger partial charge in [0.25, 0.3) is 0 Å². The van der Waals surface area contributed by atoms with Crippen LogP contribution in [-0.4, -0.2) is 27.5 Å². The fraction of sp³-hybridized carbons (Fsp3) is 0.455. The largest absolute Gasteiger partial charge is 0.313 e. The summed E-state index contributed by atoms with van der Waals surface area (Å²) in [6, 6.07) is 1.78. The number of benzene rings is 1. The molecule has 1 aromatic rings. The van der Waals surface area contributed by atoms with E-state index in [1.807, 2.05) is 13.8 Å². The van der Waals surface area contributed by atoms with Crippen LogP contribution in [0.15, 0.2) is 17.0 Å². The Hall–Kier alpha value is -0.400. The molecule has 108 valence electrons. The normalized spacial score (nSPS) is 13.5. The zero-order valence-electron chi connectivity index (χ0n) is 10.5. The predicted octanol–water partition coefficient (Wildman–Crippen LogP) is 2.41. The lowest BCUT2D eigenvalue weighted by atomic mass is 10.3. The van der Waals surface area contributed by atoms with Crippen LogP contribution in [0.1, 0.15) is 13.8 Å². The number of hydrogen-bond acceptors (Lipinski definition) is 3. The summed E-state index contributed by atoms with van der Waals surface area (Å²) in [6.07, 6.45) is 0. The molecule has 1 aromatic carbocycles. The third-order valence-electron chi connectivity index (χ3n) is 2.36. The van der Waals surface area contributed by atoms with E-state index in [1.54, 1.807) is 0 Å². The first-order chi connectivity index (χ1) is 8.77. The van der Waals surface area contributed by atoms with Gasteiger partial charge in [0.1, 0.15) is 10.7 Å². The van der Waals surface area contributed by atoms with Crippen LogP contribution in [0.3, 0.4) is 0 Å². The lowest BCUT2D eigenvalue weighted by Crippen LogP contribution is -2.38. The SMILES string of the molecule is CCN[C@H](C)CNS(=O)(=O)c1c(Cl)cc(F)cc1Cl. The molecule has 1 rings (SSSR count). The van der Waals surface area contributed by atoms with Crippen molar-refractivity contribution in [2.75, 3.05) is 13.1 Å². The summed E-state index contributed by atoms with van der Waals surface area (Å²) in [5, 5.41) is 2.57. The van der Waals surface area contributed by atoms with E-state index in [1.165, 1.54) is 0 Å². The van der Waals surface area contributed by atoms with Gasteiger partial charge in [0.2, 0.25) is 10.0 Å². The minimum atomic E-state index is -3.87. The van der Waals surface area contributed by atoms with E-state index in [0.29, 0.717) is 0 Å². The second-order valence-corrected chi connectivity index (χ2v) is 6.53. The number of nitrogens with one attached hydrogen (secondary N) is 2. The quantitative estimate of drug-likeness (QED) is 0.843. The summed E-state index contributed by atoms with van der Waals surface area (Å²) >= 11 is 11.5. The predicted molar refractivity (Wildman–Crippen MR) is 74.7 cm³/mol. The highest BCUT2D eigenvalue weighted by Gasteiger charge is 2.23. The maximum absolute atomic E-state index is 13.0. The Kier molecular flexibility index (Phi) is 6.01. The van der Waals surface area contributed by atoms with Gasteiger partial charge in [0.05, 0.1) is 10.0 Å². The first kappa shape index (κ1) is 16.7. The van der Waals surface area contributed by atoms with Gasteiger partial charge < -0.3 is 5.32 Å². The summed E-state index contributed by atoms with van der Waals surface area (Å²) < 4.78 is 39.5. The van der Waals surface area contributed by atoms with Crippen LogP contribution in [0, 0.1) is 5.82 Å². The molecule has 0 fully saturated rings. The molecule has 0 aliphatic carbocycles. The Bertz CT molecular complexity index is 529. The second-order valence-electron chi connectivity index (χ2n) is 4.01. The maximum Gasteiger partial charge on any atom is 0.243 e. The highest BCUT2D eigenvalue weighted by atomic mass is 35.5. The topological polar surface area (TPSA) is 58.2 Å². The van der Waals surface area contributed by atoms with Crippen LogP contribution in [-0.2, 0) is 10.0 Å². The second kappa shape index (κ2) is 6.85. The standard InChI is InChI=1S/C11H15Cl2FN2O2S/c1-3-15-7(2)6-16-19(17,18)11-9(12)4-8(14)5-10(11)13/h4-5,7,15-16H,3,6H2,1-2H3/t7-/m1/s1. The lowest BCUT2D eigenvalue weighted by Gasteiger charge is -2.15. The average Bonchev–Trinajstić information content (AvgIpc) is 2.25. The molecule has 0 unspecified atom stereocenters. The first-order valence-electron chi connectivity index (χ1n) is 5.65. The van der Waals surface area contributed by atoms with Crippen LogP contribution in [0.5, 0.6) is 0 Å². The van der Waals surface area contributed by atoms with Crippen molar-refractivity contribution >= 4 is 33.2 Å². The van der Waals surface area contributed by atoms with Crippen LogP contribution in [0.2, 0.25) is 10.0 Å². The van der Waals surface area contributed by atoms with Crippen LogP contribution in [0.25, 0.3) is 0 Å². The highest BCUT2D eigenvalue weighted by molar-refractivity contribution is 7.89. The van der Waals surface area contributed by atoms with Crippen molar-refractivity contribution in [1.29, 1.82) is 0 Å². The molecule has 0 aliphatic rings. The summed E-state index contributed by atoms with van der Waals surface area (Å²) in [4.78, 5) is -0.305. The Morgan fingerprint density at radius 1 is 1.32 bits per heavy atom. The van der Waals surface area contributed by atoms with Gasteiger partial charge in [-0.3, -0.25) is 0 Å². The van der Waals surface area contributed by atoms with Crippen molar-refractivity contribution in [3.63, 3.8) is 0 Å². The molecule has 0 saturated heterocycles. The van der Waals surface area contributed by atoms with Crippen molar-refractivity contribution in [1.82, 2.24) is 10.0 Å². The van der Waals surface area contributed by atoms with Crippen molar-refractivity contribution in [3.8, 4) is 0 Å². The number of sulfonamides is 1. The molecule has 0 aliphatic heterocycles. The van der Waals surface area contributed by atoms with Crippen molar-refractivity contribution in [2.45, 2.75) is 24.8 Å². The average molecular weight is 329 g/mol. The van der Waals surface area contributed by atoms with Gasteiger partial charge in [-0.25, -0.2) is 17.5 Å². The molecule has 0 saturated carbocycles. The Morgan fingerprint density at radius 3 is 2.32 bits per heavy atom. The van der Waals surface area contributed by atoms with Gasteiger partial charge in [0, 0.05) is 12.6 Å². The Balaban J connectivity index is 2.95. The molecule has 4 nitrogen and oxygen atoms in total. The number of rotatable bonds is 6. The summed E-state index contributed by atoms with van der Waals surface area (Å²) in [5.41, 5.74) is 0. The fourth-order valence-electron chi connectivity index (χ4n) is 1.51. The molecule has 0 spiro atoms. The van der Waals surface area contributed by atoms with Crippen LogP contribution < -0.4 is 10.0 Å². The van der Waals surface area contributed by atoms with E-state index < -0.39 is 15.8 Å². The summed E-state index contributed by atoms with van der Waals surface area (Å²) in [7, 11) is -3.87. The van der Waals surface area contributed by atoms with Crippen molar-refractivity contribution < 1.29 is 12.8 Å². The Morgan fingerprint density at radius 2 is 1.84 bits per heavy atom. The van der Waals surface area contributed by atoms with E-state index in [0.717, 1.165) is 18.7 Å². The first-order valence-corrected chi connectivity index (χ1v) is 7.89. The summed E-state index contributed by atoms with van der Waals surface area (Å²) in [5.74, 6) is -0.685. The van der Waals surface area contributed by atoms with E-state index in [2.05, 4.69) is 10.0 Å². The van der Waals surface area contributed by atoms with E-state index in [4.69, 9.17) is 23.2 Å². The third-order valence-corrected chi connectivity index (χ3v) is 4.71. The zero-order valence-corrected chi connectivity index (χ0v) is 12.8. The molecule has 0 radical (unpaired) electrons. The maximum atomic E-state index is 13.0. The molecule has 8 heteroatoms. The van der Waals surface area contributed by atoms with Crippen LogP contribution in [0.4, 0.5) is 4.39 Å². The third kappa shape index (κ3) is 4.57. The van der Waals surface area contributed by atoms with Gasteiger partial charge in [-0.1, -0.05) is 30.1 Å². The molecule has 1 atom stereocenters. The van der Waals surface area contributed by atoms with Gasteiger partial charge in [-0.05, 0) is 25.6 Å². The van der Waals surface area contributed by atoms with Crippen LogP contribution >= 0.6 is 23.2 Å². The van der Waals surface area contributed by atoms with E-state index in [9.17, 15) is 12.8 Å². The van der Waals surface area contributed by atoms with Gasteiger partial charge in [-0.15, -0.1) is 0 Å². The molecule has 0 amide bonds. The Labute approximate surface area is 122 Å². The highest BCUT2D eigenvalue weighted by Crippen LogP contribution is 2.30. The molecule has 0 aromatic heterocycles. The number of hydrogen-bond donors (Lipinski definition) is 2. The van der Waals surface area contributed by atoms with Gasteiger partial charge in [-0.2, -0.15) is 0 Å². The lowest BCUT2D eigenvalue weighted by molar-refractivity contribution is 0.536. The van der Waals surface area contributed by atoms with Gasteiger partial charge >= 0.3 is 0 Å². The number of likely N-dealkylation sites (N-methyl/N-ethyl adjacent to an activating group) is 1. The van der Waals surface area contributed by atoms with Gasteiger partial charge in [0.15, 0.2) is 0 Å². The minimum Gasteiger partial charge on any atom is -0.313 e.